The van der Waals surface area contributed by atoms with Gasteiger partial charge in [0.15, 0.2) is 0 Å². The zero-order valence-corrected chi connectivity index (χ0v) is 15.6. The largest absolute Gasteiger partial charge is 0.485 e. The molecule has 0 aliphatic heterocycles. The Morgan fingerprint density at radius 2 is 1.96 bits per heavy atom. The molecule has 0 unspecified atom stereocenters. The molecule has 5 nitrogen and oxygen atoms in total. The van der Waals surface area contributed by atoms with Gasteiger partial charge in [-0.3, -0.25) is 0 Å². The molecule has 0 aliphatic rings. The van der Waals surface area contributed by atoms with Crippen LogP contribution in [0.25, 0.3) is 11.0 Å². The number of aromatic nitrogens is 2. The summed E-state index contributed by atoms with van der Waals surface area (Å²) in [4.78, 5) is 15.9. The van der Waals surface area contributed by atoms with Crippen LogP contribution in [-0.4, -0.2) is 20.6 Å². The van der Waals surface area contributed by atoms with E-state index in [0.29, 0.717) is 18.0 Å². The van der Waals surface area contributed by atoms with Crippen molar-refractivity contribution in [2.24, 2.45) is 5.92 Å². The summed E-state index contributed by atoms with van der Waals surface area (Å²) in [5.74, 6) is 1.13. The standard InChI is InChI=1S/C21H24N2O3/c1-13(2)11-23-18-7-6-16(21(24)25)10-17(18)22-20(23)12-26-19-8-5-14(3)9-15(19)4/h5-10,13H,11-12H2,1-4H3,(H,24,25). The van der Waals surface area contributed by atoms with Crippen molar-refractivity contribution in [1.29, 1.82) is 0 Å². The predicted octanol–water partition coefficient (Wildman–Crippen LogP) is 4.59. The molecule has 0 amide bonds. The van der Waals surface area contributed by atoms with Crippen molar-refractivity contribution in [2.75, 3.05) is 0 Å². The lowest BCUT2D eigenvalue weighted by Crippen LogP contribution is -2.11. The van der Waals surface area contributed by atoms with Crippen molar-refractivity contribution in [2.45, 2.75) is 40.8 Å². The quantitative estimate of drug-likeness (QED) is 0.705. The van der Waals surface area contributed by atoms with Gasteiger partial charge in [-0.05, 0) is 49.6 Å². The summed E-state index contributed by atoms with van der Waals surface area (Å²) in [5, 5.41) is 9.21. The first kappa shape index (κ1) is 18.0. The number of hydrogen-bond donors (Lipinski definition) is 1. The Hall–Kier alpha value is -2.82. The minimum atomic E-state index is -0.946. The number of nitrogens with zero attached hydrogens (tertiary/aromatic N) is 2. The third-order valence-electron chi connectivity index (χ3n) is 4.31. The molecule has 0 aliphatic carbocycles. The number of imidazole rings is 1. The van der Waals surface area contributed by atoms with Crippen LogP contribution in [0.1, 0.15) is 41.2 Å². The van der Waals surface area contributed by atoms with Crippen molar-refractivity contribution >= 4 is 17.0 Å². The van der Waals surface area contributed by atoms with Crippen LogP contribution in [0.15, 0.2) is 36.4 Å². The van der Waals surface area contributed by atoms with E-state index in [2.05, 4.69) is 36.4 Å². The highest BCUT2D eigenvalue weighted by Gasteiger charge is 2.15. The average Bonchev–Trinajstić information content (AvgIpc) is 2.90. The summed E-state index contributed by atoms with van der Waals surface area (Å²) >= 11 is 0. The predicted molar refractivity (Wildman–Crippen MR) is 102 cm³/mol. The molecule has 0 fully saturated rings. The summed E-state index contributed by atoms with van der Waals surface area (Å²) < 4.78 is 8.13. The number of carboxylic acid groups (broad SMARTS) is 1. The number of hydrogen-bond acceptors (Lipinski definition) is 3. The second-order valence-corrected chi connectivity index (χ2v) is 7.10. The summed E-state index contributed by atoms with van der Waals surface area (Å²) in [5.41, 5.74) is 4.15. The topological polar surface area (TPSA) is 64.3 Å². The highest BCUT2D eigenvalue weighted by atomic mass is 16.5. The van der Waals surface area contributed by atoms with E-state index in [1.807, 2.05) is 25.1 Å². The highest BCUT2D eigenvalue weighted by molar-refractivity contribution is 5.92. The van der Waals surface area contributed by atoms with Crippen molar-refractivity contribution in [3.8, 4) is 5.75 Å². The first-order chi connectivity index (χ1) is 12.3. The molecule has 1 aromatic heterocycles. The zero-order chi connectivity index (χ0) is 18.8. The minimum Gasteiger partial charge on any atom is -0.485 e. The number of aromatic carboxylic acids is 1. The Morgan fingerprint density at radius 3 is 2.62 bits per heavy atom. The molecule has 2 aromatic carbocycles. The fraction of sp³-hybridized carbons (Fsp3) is 0.333. The normalized spacial score (nSPS) is 11.3. The SMILES string of the molecule is Cc1ccc(OCc2nc3cc(C(=O)O)ccc3n2CC(C)C)c(C)c1. The molecule has 0 spiro atoms. The number of aryl methyl sites for hydroxylation is 2. The Balaban J connectivity index is 1.96. The third kappa shape index (κ3) is 3.72. The zero-order valence-electron chi connectivity index (χ0n) is 15.6. The molecule has 0 saturated carbocycles. The molecule has 3 rings (SSSR count). The summed E-state index contributed by atoms with van der Waals surface area (Å²) in [7, 11) is 0. The first-order valence-electron chi connectivity index (χ1n) is 8.77. The number of carboxylic acids is 1. The Morgan fingerprint density at radius 1 is 1.19 bits per heavy atom. The number of fused-ring (bicyclic) bond motifs is 1. The molecular weight excluding hydrogens is 328 g/mol. The summed E-state index contributed by atoms with van der Waals surface area (Å²) in [6.45, 7) is 9.51. The van der Waals surface area contributed by atoms with Crippen LogP contribution in [0.2, 0.25) is 0 Å². The van der Waals surface area contributed by atoms with Crippen LogP contribution in [0.4, 0.5) is 0 Å². The molecule has 0 radical (unpaired) electrons. The summed E-state index contributed by atoms with van der Waals surface area (Å²) in [6, 6.07) is 11.2. The first-order valence-corrected chi connectivity index (χ1v) is 8.77. The van der Waals surface area contributed by atoms with Crippen LogP contribution in [0, 0.1) is 19.8 Å². The van der Waals surface area contributed by atoms with E-state index in [9.17, 15) is 9.90 Å². The fourth-order valence-electron chi connectivity index (χ4n) is 3.10. The number of carbonyl (C=O) groups is 1. The van der Waals surface area contributed by atoms with Gasteiger partial charge in [-0.2, -0.15) is 0 Å². The maximum absolute atomic E-state index is 11.2. The molecule has 0 atom stereocenters. The Kier molecular flexibility index (Phi) is 4.98. The lowest BCUT2D eigenvalue weighted by Gasteiger charge is -2.13. The fourth-order valence-corrected chi connectivity index (χ4v) is 3.10. The van der Waals surface area contributed by atoms with Crippen LogP contribution in [0.5, 0.6) is 5.75 Å². The van der Waals surface area contributed by atoms with E-state index in [-0.39, 0.29) is 5.56 Å². The molecule has 0 saturated heterocycles. The van der Waals surface area contributed by atoms with Gasteiger partial charge in [-0.25, -0.2) is 9.78 Å². The minimum absolute atomic E-state index is 0.244. The van der Waals surface area contributed by atoms with Crippen molar-refractivity contribution < 1.29 is 14.6 Å². The second-order valence-electron chi connectivity index (χ2n) is 7.10. The van der Waals surface area contributed by atoms with E-state index in [1.165, 1.54) is 5.56 Å². The average molecular weight is 352 g/mol. The monoisotopic (exact) mass is 352 g/mol. The maximum atomic E-state index is 11.2. The molecular formula is C21H24N2O3. The van der Waals surface area contributed by atoms with Gasteiger partial charge >= 0.3 is 5.97 Å². The molecule has 26 heavy (non-hydrogen) atoms. The number of benzene rings is 2. The van der Waals surface area contributed by atoms with E-state index in [1.54, 1.807) is 12.1 Å². The molecule has 1 N–H and O–H groups in total. The maximum Gasteiger partial charge on any atom is 0.335 e. The molecule has 0 bridgehead atoms. The van der Waals surface area contributed by atoms with Gasteiger partial charge in [0.2, 0.25) is 0 Å². The third-order valence-corrected chi connectivity index (χ3v) is 4.31. The lowest BCUT2D eigenvalue weighted by atomic mass is 10.1. The van der Waals surface area contributed by atoms with Crippen molar-refractivity contribution in [1.82, 2.24) is 9.55 Å². The van der Waals surface area contributed by atoms with Gasteiger partial charge in [0.1, 0.15) is 18.2 Å². The van der Waals surface area contributed by atoms with Crippen molar-refractivity contribution in [3.63, 3.8) is 0 Å². The van der Waals surface area contributed by atoms with Crippen LogP contribution in [-0.2, 0) is 13.2 Å². The van der Waals surface area contributed by atoms with Gasteiger partial charge in [0.05, 0.1) is 16.6 Å². The lowest BCUT2D eigenvalue weighted by molar-refractivity contribution is 0.0697. The van der Waals surface area contributed by atoms with Crippen LogP contribution >= 0.6 is 0 Å². The summed E-state index contributed by atoms with van der Waals surface area (Å²) in [6.07, 6.45) is 0. The smallest absolute Gasteiger partial charge is 0.335 e. The number of rotatable bonds is 6. The number of ether oxygens (including phenoxy) is 1. The van der Waals surface area contributed by atoms with Gasteiger partial charge in [0.25, 0.3) is 0 Å². The van der Waals surface area contributed by atoms with Gasteiger partial charge in [-0.15, -0.1) is 0 Å². The van der Waals surface area contributed by atoms with Gasteiger partial charge in [0, 0.05) is 6.54 Å². The molecule has 1 heterocycles. The van der Waals surface area contributed by atoms with Gasteiger partial charge in [-0.1, -0.05) is 31.5 Å². The van der Waals surface area contributed by atoms with Crippen LogP contribution < -0.4 is 4.74 Å². The molecule has 5 heteroatoms. The highest BCUT2D eigenvalue weighted by Crippen LogP contribution is 2.23. The van der Waals surface area contributed by atoms with E-state index < -0.39 is 5.97 Å². The Labute approximate surface area is 153 Å². The van der Waals surface area contributed by atoms with E-state index >= 15 is 0 Å². The molecule has 3 aromatic rings. The van der Waals surface area contributed by atoms with E-state index in [0.717, 1.165) is 29.2 Å². The van der Waals surface area contributed by atoms with Crippen LogP contribution in [0.3, 0.4) is 0 Å². The second kappa shape index (κ2) is 7.20. The van der Waals surface area contributed by atoms with Crippen molar-refractivity contribution in [3.05, 3.63) is 58.9 Å². The Bertz CT molecular complexity index is 957. The molecule has 136 valence electrons. The van der Waals surface area contributed by atoms with Gasteiger partial charge < -0.3 is 14.4 Å². The van der Waals surface area contributed by atoms with E-state index in [4.69, 9.17) is 4.74 Å².